The lowest BCUT2D eigenvalue weighted by Gasteiger charge is -2.28. The molecule has 0 fully saturated rings. The molecular formula is C25H17BrOS. The minimum Gasteiger partial charge on any atom is -0.376 e. The summed E-state index contributed by atoms with van der Waals surface area (Å²) in [5.74, 6) is 0. The molecule has 0 amide bonds. The van der Waals surface area contributed by atoms with E-state index in [1.165, 1.54) is 0 Å². The summed E-state index contributed by atoms with van der Waals surface area (Å²) in [6.45, 7) is 0. The van der Waals surface area contributed by atoms with Gasteiger partial charge < -0.3 is 5.11 Å². The van der Waals surface area contributed by atoms with Gasteiger partial charge in [0.1, 0.15) is 5.60 Å². The molecule has 0 unspecified atom stereocenters. The third-order valence-corrected chi connectivity index (χ3v) is 6.85. The van der Waals surface area contributed by atoms with Crippen molar-refractivity contribution >= 4 is 27.7 Å². The van der Waals surface area contributed by atoms with Crippen LogP contribution in [-0.2, 0) is 5.60 Å². The van der Waals surface area contributed by atoms with Crippen molar-refractivity contribution in [2.24, 2.45) is 0 Å². The van der Waals surface area contributed by atoms with E-state index in [2.05, 4.69) is 46.3 Å². The van der Waals surface area contributed by atoms with Crippen LogP contribution in [0.5, 0.6) is 0 Å². The Labute approximate surface area is 177 Å². The Balaban J connectivity index is 1.70. The molecule has 1 N–H and O–H groups in total. The van der Waals surface area contributed by atoms with Crippen LogP contribution < -0.4 is 0 Å². The quantitative estimate of drug-likeness (QED) is 0.372. The summed E-state index contributed by atoms with van der Waals surface area (Å²) < 4.78 is 1.06. The lowest BCUT2D eigenvalue weighted by molar-refractivity contribution is 0.128. The predicted octanol–water partition coefficient (Wildman–Crippen LogP) is 6.86. The molecular weight excluding hydrogens is 428 g/mol. The van der Waals surface area contributed by atoms with Crippen LogP contribution >= 0.6 is 27.7 Å². The lowest BCUT2D eigenvalue weighted by Crippen LogP contribution is -2.26. The average molecular weight is 445 g/mol. The second kappa shape index (κ2) is 6.93. The number of rotatable bonds is 3. The molecule has 0 atom stereocenters. The molecule has 0 saturated heterocycles. The SMILES string of the molecule is OC1(c2ccccc2Sc2ccc(Br)cc2)c2ccccc2-c2ccccc21. The van der Waals surface area contributed by atoms with Gasteiger partial charge in [0.2, 0.25) is 0 Å². The molecule has 0 bridgehead atoms. The van der Waals surface area contributed by atoms with Gasteiger partial charge >= 0.3 is 0 Å². The van der Waals surface area contributed by atoms with Crippen LogP contribution in [0.4, 0.5) is 0 Å². The van der Waals surface area contributed by atoms with Gasteiger partial charge in [0, 0.05) is 31.0 Å². The number of hydrogen-bond donors (Lipinski definition) is 1. The maximum Gasteiger partial charge on any atom is 0.142 e. The number of halogens is 1. The first-order chi connectivity index (χ1) is 13.7. The summed E-state index contributed by atoms with van der Waals surface area (Å²) in [7, 11) is 0. The van der Waals surface area contributed by atoms with Gasteiger partial charge in [0.05, 0.1) is 0 Å². The molecule has 4 aromatic carbocycles. The van der Waals surface area contributed by atoms with Crippen LogP contribution in [0.3, 0.4) is 0 Å². The summed E-state index contributed by atoms with van der Waals surface area (Å²) in [5, 5.41) is 12.1. The van der Waals surface area contributed by atoms with E-state index in [9.17, 15) is 5.11 Å². The maximum atomic E-state index is 12.1. The highest BCUT2D eigenvalue weighted by atomic mass is 79.9. The number of fused-ring (bicyclic) bond motifs is 3. The van der Waals surface area contributed by atoms with E-state index in [0.29, 0.717) is 0 Å². The molecule has 0 saturated carbocycles. The van der Waals surface area contributed by atoms with Crippen molar-refractivity contribution in [1.29, 1.82) is 0 Å². The first kappa shape index (κ1) is 17.7. The molecule has 1 nitrogen and oxygen atoms in total. The molecule has 3 heteroatoms. The van der Waals surface area contributed by atoms with Crippen LogP contribution in [0.25, 0.3) is 11.1 Å². The number of hydrogen-bond acceptors (Lipinski definition) is 2. The highest BCUT2D eigenvalue weighted by Crippen LogP contribution is 2.52. The minimum atomic E-state index is -1.16. The maximum absolute atomic E-state index is 12.1. The Kier molecular flexibility index (Phi) is 4.39. The van der Waals surface area contributed by atoms with E-state index in [-0.39, 0.29) is 0 Å². The fraction of sp³-hybridized carbons (Fsp3) is 0.0400. The molecule has 1 aliphatic carbocycles. The van der Waals surface area contributed by atoms with E-state index in [1.54, 1.807) is 11.8 Å². The fourth-order valence-corrected chi connectivity index (χ4v) is 5.25. The Morgan fingerprint density at radius 3 is 1.71 bits per heavy atom. The molecule has 0 radical (unpaired) electrons. The molecule has 0 aromatic heterocycles. The highest BCUT2D eigenvalue weighted by molar-refractivity contribution is 9.10. The van der Waals surface area contributed by atoms with E-state index in [0.717, 1.165) is 42.1 Å². The topological polar surface area (TPSA) is 20.2 Å². The van der Waals surface area contributed by atoms with Gasteiger partial charge in [0.15, 0.2) is 0 Å². The smallest absolute Gasteiger partial charge is 0.142 e. The van der Waals surface area contributed by atoms with Gasteiger partial charge in [-0.15, -0.1) is 0 Å². The second-order valence-corrected chi connectivity index (χ2v) is 8.88. The van der Waals surface area contributed by atoms with E-state index in [1.807, 2.05) is 66.7 Å². The van der Waals surface area contributed by atoms with Crippen LogP contribution in [0.15, 0.2) is 111 Å². The largest absolute Gasteiger partial charge is 0.376 e. The van der Waals surface area contributed by atoms with Crippen molar-refractivity contribution in [3.8, 4) is 11.1 Å². The van der Waals surface area contributed by atoms with Crippen LogP contribution in [-0.4, -0.2) is 5.11 Å². The van der Waals surface area contributed by atoms with Gasteiger partial charge in [-0.3, -0.25) is 0 Å². The predicted molar refractivity (Wildman–Crippen MR) is 119 cm³/mol. The molecule has 4 aromatic rings. The summed E-state index contributed by atoms with van der Waals surface area (Å²) in [4.78, 5) is 2.19. The fourth-order valence-electron chi connectivity index (χ4n) is 3.99. The zero-order valence-electron chi connectivity index (χ0n) is 15.0. The standard InChI is InChI=1S/C25H17BrOS/c26-17-13-15-18(16-14-17)28-24-12-6-5-11-23(24)25(27)21-9-3-1-7-19(21)20-8-2-4-10-22(20)25/h1-16,27H. The molecule has 1 aliphatic rings. The zero-order valence-corrected chi connectivity index (χ0v) is 17.4. The molecule has 136 valence electrons. The summed E-state index contributed by atoms with van der Waals surface area (Å²) in [5.41, 5.74) is 3.85. The van der Waals surface area contributed by atoms with Crippen LogP contribution in [0.1, 0.15) is 16.7 Å². The third kappa shape index (κ3) is 2.74. The molecule has 0 aliphatic heterocycles. The molecule has 0 heterocycles. The third-order valence-electron chi connectivity index (χ3n) is 5.24. The van der Waals surface area contributed by atoms with E-state index < -0.39 is 5.60 Å². The molecule has 28 heavy (non-hydrogen) atoms. The van der Waals surface area contributed by atoms with Gasteiger partial charge in [-0.1, -0.05) is 94.4 Å². The highest BCUT2D eigenvalue weighted by Gasteiger charge is 2.43. The van der Waals surface area contributed by atoms with Gasteiger partial charge in [-0.05, 0) is 41.5 Å². The van der Waals surface area contributed by atoms with Crippen molar-refractivity contribution < 1.29 is 5.11 Å². The van der Waals surface area contributed by atoms with Crippen molar-refractivity contribution in [3.05, 3.63) is 118 Å². The first-order valence-electron chi connectivity index (χ1n) is 9.12. The van der Waals surface area contributed by atoms with Gasteiger partial charge in [0.25, 0.3) is 0 Å². The Bertz CT molecular complexity index is 1120. The molecule has 5 rings (SSSR count). The Morgan fingerprint density at radius 2 is 1.11 bits per heavy atom. The normalized spacial score (nSPS) is 13.8. The zero-order chi connectivity index (χ0) is 19.1. The summed E-state index contributed by atoms with van der Waals surface area (Å²) in [6, 6.07) is 32.7. The van der Waals surface area contributed by atoms with Crippen molar-refractivity contribution in [2.75, 3.05) is 0 Å². The summed E-state index contributed by atoms with van der Waals surface area (Å²) in [6.07, 6.45) is 0. The second-order valence-electron chi connectivity index (χ2n) is 6.85. The van der Waals surface area contributed by atoms with Crippen LogP contribution in [0.2, 0.25) is 0 Å². The van der Waals surface area contributed by atoms with Crippen LogP contribution in [0, 0.1) is 0 Å². The molecule has 0 spiro atoms. The Morgan fingerprint density at radius 1 is 0.607 bits per heavy atom. The number of benzene rings is 4. The Hall–Kier alpha value is -2.33. The van der Waals surface area contributed by atoms with Crippen molar-refractivity contribution in [2.45, 2.75) is 15.4 Å². The van der Waals surface area contributed by atoms with E-state index >= 15 is 0 Å². The van der Waals surface area contributed by atoms with E-state index in [4.69, 9.17) is 0 Å². The van der Waals surface area contributed by atoms with Crippen molar-refractivity contribution in [1.82, 2.24) is 0 Å². The number of aliphatic hydroxyl groups is 1. The van der Waals surface area contributed by atoms with Gasteiger partial charge in [-0.25, -0.2) is 0 Å². The van der Waals surface area contributed by atoms with Gasteiger partial charge in [-0.2, -0.15) is 0 Å². The van der Waals surface area contributed by atoms with Crippen molar-refractivity contribution in [3.63, 3.8) is 0 Å². The summed E-state index contributed by atoms with van der Waals surface area (Å²) >= 11 is 5.17. The average Bonchev–Trinajstić information content (AvgIpc) is 3.00. The first-order valence-corrected chi connectivity index (χ1v) is 10.7. The minimum absolute atomic E-state index is 0.917. The monoisotopic (exact) mass is 444 g/mol. The lowest BCUT2D eigenvalue weighted by atomic mass is 9.84.